The Labute approximate surface area is 221 Å². The van der Waals surface area contributed by atoms with Gasteiger partial charge in [-0.3, -0.25) is 19.3 Å². The Hall–Kier alpha value is -3.07. The number of hydrogen-bond donors (Lipinski definition) is 1. The second-order valence-electron chi connectivity index (χ2n) is 11.5. The number of thiazole rings is 1. The van der Waals surface area contributed by atoms with Gasteiger partial charge in [-0.2, -0.15) is 0 Å². The van der Waals surface area contributed by atoms with E-state index in [1.807, 2.05) is 32.9 Å². The van der Waals surface area contributed by atoms with Gasteiger partial charge in [-0.15, -0.1) is 11.3 Å². The van der Waals surface area contributed by atoms with Gasteiger partial charge in [0, 0.05) is 23.7 Å². The number of carbonyl (C=O) groups is 4. The van der Waals surface area contributed by atoms with Gasteiger partial charge in [0.2, 0.25) is 11.8 Å². The summed E-state index contributed by atoms with van der Waals surface area (Å²) in [5.41, 5.74) is -0.663. The second kappa shape index (κ2) is 9.67. The summed E-state index contributed by atoms with van der Waals surface area (Å²) in [7, 11) is 0. The van der Waals surface area contributed by atoms with Crippen molar-refractivity contribution in [1.82, 2.24) is 14.8 Å². The lowest BCUT2D eigenvalue weighted by Crippen LogP contribution is -2.60. The summed E-state index contributed by atoms with van der Waals surface area (Å²) in [6.07, 6.45) is 2.17. The molecule has 0 bridgehead atoms. The number of benzene rings is 1. The Kier molecular flexibility index (Phi) is 7.05. The van der Waals surface area contributed by atoms with Gasteiger partial charge in [0.15, 0.2) is 5.54 Å². The summed E-state index contributed by atoms with van der Waals surface area (Å²) in [4.78, 5) is 61.9. The van der Waals surface area contributed by atoms with E-state index in [9.17, 15) is 24.3 Å². The third kappa shape index (κ3) is 4.27. The topological polar surface area (TPSA) is 108 Å². The van der Waals surface area contributed by atoms with Gasteiger partial charge in [-0.1, -0.05) is 53.7 Å². The molecule has 2 unspecified atom stereocenters. The Morgan fingerprint density at radius 2 is 1.78 bits per heavy atom. The van der Waals surface area contributed by atoms with Crippen molar-refractivity contribution in [1.29, 1.82) is 0 Å². The normalized spacial score (nSPS) is 25.8. The van der Waals surface area contributed by atoms with Crippen molar-refractivity contribution in [2.45, 2.75) is 71.4 Å². The van der Waals surface area contributed by atoms with Gasteiger partial charge in [0.1, 0.15) is 5.01 Å². The number of likely N-dealkylation sites (tertiary alicyclic amines) is 2. The van der Waals surface area contributed by atoms with Crippen LogP contribution in [-0.4, -0.2) is 55.7 Å². The van der Waals surface area contributed by atoms with Crippen LogP contribution in [0.3, 0.4) is 0 Å². The maximum Gasteiger partial charge on any atom is 0.330 e. The minimum Gasteiger partial charge on any atom is -0.479 e. The zero-order chi connectivity index (χ0) is 27.3. The van der Waals surface area contributed by atoms with Gasteiger partial charge < -0.3 is 10.0 Å². The van der Waals surface area contributed by atoms with E-state index in [1.165, 1.54) is 21.1 Å². The smallest absolute Gasteiger partial charge is 0.330 e. The molecule has 0 radical (unpaired) electrons. The highest BCUT2D eigenvalue weighted by atomic mass is 32.1. The van der Waals surface area contributed by atoms with Crippen molar-refractivity contribution in [3.05, 3.63) is 52.0 Å². The minimum atomic E-state index is -1.88. The third-order valence-corrected chi connectivity index (χ3v) is 8.31. The van der Waals surface area contributed by atoms with Crippen molar-refractivity contribution in [3.63, 3.8) is 0 Å². The number of carboxylic acids is 1. The molecule has 3 amide bonds. The van der Waals surface area contributed by atoms with Crippen LogP contribution in [-0.2, 0) is 19.8 Å². The second-order valence-corrected chi connectivity index (χ2v) is 12.4. The number of hydrogen-bond acceptors (Lipinski definition) is 6. The summed E-state index contributed by atoms with van der Waals surface area (Å²) >= 11 is 1.26. The van der Waals surface area contributed by atoms with Crippen molar-refractivity contribution >= 4 is 35.0 Å². The number of nitrogens with zero attached hydrogens (tertiary/aromatic N) is 3. The Morgan fingerprint density at radius 1 is 1.14 bits per heavy atom. The van der Waals surface area contributed by atoms with Gasteiger partial charge in [0.05, 0.1) is 17.9 Å². The molecule has 0 saturated carbocycles. The number of carboxylic acid groups (broad SMARTS) is 1. The molecule has 2 saturated heterocycles. The van der Waals surface area contributed by atoms with Crippen LogP contribution in [0.1, 0.15) is 81.4 Å². The van der Waals surface area contributed by atoms with Crippen LogP contribution in [0.25, 0.3) is 0 Å². The molecule has 2 fully saturated rings. The number of rotatable bonds is 7. The van der Waals surface area contributed by atoms with Crippen LogP contribution >= 0.6 is 11.3 Å². The van der Waals surface area contributed by atoms with Crippen LogP contribution < -0.4 is 0 Å². The fourth-order valence-electron chi connectivity index (χ4n) is 5.95. The number of carbonyl (C=O) groups excluding carboxylic acids is 3. The first-order chi connectivity index (χ1) is 17.4. The lowest BCUT2D eigenvalue weighted by atomic mass is 9.75. The molecule has 9 heteroatoms. The number of amides is 3. The molecule has 198 valence electrons. The highest BCUT2D eigenvalue weighted by molar-refractivity contribution is 7.09. The van der Waals surface area contributed by atoms with Crippen LogP contribution in [0, 0.1) is 17.8 Å². The zero-order valence-electron chi connectivity index (χ0n) is 22.2. The molecule has 8 nitrogen and oxygen atoms in total. The van der Waals surface area contributed by atoms with Gasteiger partial charge in [-0.25, -0.2) is 9.78 Å². The van der Waals surface area contributed by atoms with E-state index < -0.39 is 47.1 Å². The summed E-state index contributed by atoms with van der Waals surface area (Å²) in [5, 5.41) is 13.0. The van der Waals surface area contributed by atoms with E-state index >= 15 is 0 Å². The Morgan fingerprint density at radius 3 is 2.27 bits per heavy atom. The molecule has 2 aromatic rings. The maximum absolute atomic E-state index is 14.3. The van der Waals surface area contributed by atoms with Crippen LogP contribution in [0.5, 0.6) is 0 Å². The van der Waals surface area contributed by atoms with Crippen molar-refractivity contribution in [3.8, 4) is 0 Å². The summed E-state index contributed by atoms with van der Waals surface area (Å²) < 4.78 is 0. The van der Waals surface area contributed by atoms with E-state index in [4.69, 9.17) is 0 Å². The SMILES string of the molecule is CCCN1C(=O)C2C(C1=O)[C@@](CC(C)C)(C(=O)O)N(C(=O)c1ccc(C(C)(C)C)cc1)[C@H]2c1nccs1. The first-order valence-electron chi connectivity index (χ1n) is 12.8. The van der Waals surface area contributed by atoms with E-state index in [0.29, 0.717) is 17.0 Å². The van der Waals surface area contributed by atoms with Crippen molar-refractivity contribution in [2.75, 3.05) is 6.54 Å². The zero-order valence-corrected chi connectivity index (χ0v) is 23.0. The summed E-state index contributed by atoms with van der Waals surface area (Å²) in [5.74, 6) is -5.07. The number of aromatic nitrogens is 1. The van der Waals surface area contributed by atoms with Crippen molar-refractivity contribution < 1.29 is 24.3 Å². The average Bonchev–Trinajstić information content (AvgIpc) is 3.51. The number of imide groups is 1. The molecule has 0 aliphatic carbocycles. The lowest BCUT2D eigenvalue weighted by Gasteiger charge is -2.41. The molecule has 37 heavy (non-hydrogen) atoms. The number of fused-ring (bicyclic) bond motifs is 1. The fourth-order valence-corrected chi connectivity index (χ4v) is 6.72. The summed E-state index contributed by atoms with van der Waals surface area (Å²) in [6.45, 7) is 12.0. The van der Waals surface area contributed by atoms with Gasteiger partial charge >= 0.3 is 5.97 Å². The lowest BCUT2D eigenvalue weighted by molar-refractivity contribution is -0.157. The molecule has 3 heterocycles. The molecule has 4 atom stereocenters. The first kappa shape index (κ1) is 27.0. The quantitative estimate of drug-likeness (QED) is 0.533. The monoisotopic (exact) mass is 525 g/mol. The molecule has 2 aliphatic heterocycles. The van der Waals surface area contributed by atoms with Gasteiger partial charge in [-0.05, 0) is 41.9 Å². The first-order valence-corrected chi connectivity index (χ1v) is 13.7. The molecule has 1 aromatic heterocycles. The minimum absolute atomic E-state index is 0.0379. The maximum atomic E-state index is 14.3. The predicted octanol–water partition coefficient (Wildman–Crippen LogP) is 4.52. The molecule has 1 aromatic carbocycles. The highest BCUT2D eigenvalue weighted by Gasteiger charge is 2.73. The van der Waals surface area contributed by atoms with E-state index in [0.717, 1.165) is 5.56 Å². The molecule has 4 rings (SSSR count). The Balaban J connectivity index is 1.94. The average molecular weight is 526 g/mol. The molecule has 1 N–H and O–H groups in total. The van der Waals surface area contributed by atoms with Crippen LogP contribution in [0.15, 0.2) is 35.8 Å². The van der Waals surface area contributed by atoms with E-state index in [1.54, 1.807) is 23.7 Å². The fraction of sp³-hybridized carbons (Fsp3) is 0.536. The van der Waals surface area contributed by atoms with Crippen molar-refractivity contribution in [2.24, 2.45) is 17.8 Å². The molecule has 2 aliphatic rings. The summed E-state index contributed by atoms with van der Waals surface area (Å²) in [6, 6.07) is 6.18. The van der Waals surface area contributed by atoms with Crippen LogP contribution in [0.2, 0.25) is 0 Å². The molecule has 0 spiro atoms. The molecular weight excluding hydrogens is 490 g/mol. The van der Waals surface area contributed by atoms with Crippen LogP contribution in [0.4, 0.5) is 0 Å². The van der Waals surface area contributed by atoms with E-state index in [2.05, 4.69) is 25.8 Å². The highest BCUT2D eigenvalue weighted by Crippen LogP contribution is 2.57. The van der Waals surface area contributed by atoms with Gasteiger partial charge in [0.25, 0.3) is 5.91 Å². The standard InChI is InChI=1S/C28H35N3O5S/c1-7-13-30-24(33)19-20(25(30)34)28(26(35)36,15-16(2)3)31(21(19)22-29-12-14-37-22)23(32)17-8-10-18(11-9-17)27(4,5)6/h8-12,14,16,19-21H,7,13,15H2,1-6H3,(H,35,36)/t19?,20?,21-,28+/m1/s1. The number of aliphatic carboxylic acids is 1. The largest absolute Gasteiger partial charge is 0.479 e. The predicted molar refractivity (Wildman–Crippen MR) is 140 cm³/mol. The van der Waals surface area contributed by atoms with E-state index in [-0.39, 0.29) is 24.3 Å². The third-order valence-electron chi connectivity index (χ3n) is 7.46. The molecular formula is C28H35N3O5S. The Bertz CT molecular complexity index is 1200.